The van der Waals surface area contributed by atoms with E-state index in [4.69, 9.17) is 9.47 Å². The normalized spacial score (nSPS) is 16.0. The average molecular weight is 635 g/mol. The minimum atomic E-state index is -0.645. The molecule has 2 aliphatic heterocycles. The summed E-state index contributed by atoms with van der Waals surface area (Å²) in [5.74, 6) is 0.0825. The van der Waals surface area contributed by atoms with Crippen molar-refractivity contribution < 1.29 is 28.2 Å². The van der Waals surface area contributed by atoms with Crippen molar-refractivity contribution in [2.24, 2.45) is 0 Å². The molecule has 5 heterocycles. The zero-order chi connectivity index (χ0) is 32.3. The topological polar surface area (TPSA) is 127 Å². The average Bonchev–Trinajstić information content (AvgIpc) is 3.64. The van der Waals surface area contributed by atoms with Crippen LogP contribution in [0.2, 0.25) is 0 Å². The van der Waals surface area contributed by atoms with Gasteiger partial charge in [-0.3, -0.25) is 19.7 Å². The highest BCUT2D eigenvalue weighted by Crippen LogP contribution is 2.30. The number of nitrogens with zero attached hydrogens (tertiary/aromatic N) is 4. The molecule has 3 aromatic heterocycles. The first-order chi connectivity index (χ1) is 22.9. The molecule has 7 rings (SSSR count). The van der Waals surface area contributed by atoms with Gasteiger partial charge in [0.1, 0.15) is 35.7 Å². The summed E-state index contributed by atoms with van der Waals surface area (Å²) in [6, 6.07) is 19.6. The molecule has 2 N–H and O–H groups in total. The van der Waals surface area contributed by atoms with E-state index in [9.17, 15) is 18.8 Å². The van der Waals surface area contributed by atoms with Gasteiger partial charge in [0.15, 0.2) is 0 Å². The molecule has 47 heavy (non-hydrogen) atoms. The molecule has 5 aromatic rings. The van der Waals surface area contributed by atoms with Crippen molar-refractivity contribution in [3.8, 4) is 28.1 Å². The van der Waals surface area contributed by atoms with E-state index in [0.29, 0.717) is 56.3 Å². The molecule has 1 fully saturated rings. The maximum atomic E-state index is 13.5. The fraction of sp³-hybridized carbons (Fsp3) is 0.229. The number of carbonyl (C=O) groups is 3. The quantitative estimate of drug-likeness (QED) is 0.161. The van der Waals surface area contributed by atoms with E-state index in [1.54, 1.807) is 28.8 Å². The lowest BCUT2D eigenvalue weighted by atomic mass is 10.0. The van der Waals surface area contributed by atoms with Gasteiger partial charge in [0.05, 0.1) is 18.9 Å². The number of anilines is 1. The number of imide groups is 1. The van der Waals surface area contributed by atoms with Crippen LogP contribution in [0.4, 0.5) is 10.2 Å². The van der Waals surface area contributed by atoms with Gasteiger partial charge in [-0.1, -0.05) is 24.3 Å². The summed E-state index contributed by atoms with van der Waals surface area (Å²) in [6.07, 6.45) is 5.52. The van der Waals surface area contributed by atoms with E-state index < -0.39 is 11.9 Å². The molecule has 11 nitrogen and oxygen atoms in total. The maximum Gasteiger partial charge on any atom is 0.255 e. The van der Waals surface area contributed by atoms with Crippen molar-refractivity contribution >= 4 is 29.2 Å². The maximum absolute atomic E-state index is 13.5. The Bertz CT molecular complexity index is 1980. The van der Waals surface area contributed by atoms with E-state index in [1.165, 1.54) is 17.2 Å². The fourth-order valence-corrected chi connectivity index (χ4v) is 5.86. The highest BCUT2D eigenvalue weighted by molar-refractivity contribution is 6.05. The zero-order valence-corrected chi connectivity index (χ0v) is 25.3. The van der Waals surface area contributed by atoms with Gasteiger partial charge in [-0.05, 0) is 65.6 Å². The Hall–Kier alpha value is -5.62. The number of amides is 3. The van der Waals surface area contributed by atoms with Crippen LogP contribution in [0, 0.1) is 5.82 Å². The van der Waals surface area contributed by atoms with E-state index in [-0.39, 0.29) is 24.1 Å². The number of ether oxygens (including phenoxy) is 2. The Balaban J connectivity index is 0.851. The number of hydrogen-bond donors (Lipinski definition) is 2. The highest BCUT2D eigenvalue weighted by atomic mass is 19.1. The number of hydrogen-bond acceptors (Lipinski definition) is 8. The van der Waals surface area contributed by atoms with Crippen molar-refractivity contribution in [1.29, 1.82) is 0 Å². The molecule has 2 aromatic carbocycles. The van der Waals surface area contributed by atoms with Crippen LogP contribution in [0.15, 0.2) is 85.3 Å². The zero-order valence-electron chi connectivity index (χ0n) is 25.3. The fourth-order valence-electron chi connectivity index (χ4n) is 5.86. The van der Waals surface area contributed by atoms with Gasteiger partial charge in [0.25, 0.3) is 5.91 Å². The SMILES string of the molecule is O=C1CCC(N2Cc3cc(OCCOCCNc4cc(-c5ccc(-c6cn7cc(F)ccc7n6)cc5)ccn4)ccc3C2=O)C(=O)N1. The van der Waals surface area contributed by atoms with Crippen LogP contribution in [0.3, 0.4) is 0 Å². The number of piperidine rings is 1. The Morgan fingerprint density at radius 2 is 1.77 bits per heavy atom. The summed E-state index contributed by atoms with van der Waals surface area (Å²) in [4.78, 5) is 47.1. The molecular weight excluding hydrogens is 603 g/mol. The van der Waals surface area contributed by atoms with Crippen molar-refractivity contribution in [2.75, 3.05) is 31.7 Å². The van der Waals surface area contributed by atoms with E-state index in [0.717, 1.165) is 33.8 Å². The monoisotopic (exact) mass is 634 g/mol. The standard InChI is InChI=1S/C35H31FN6O5/c36-26-5-9-32-39-29(21-41(32)20-26)23-3-1-22(2-4-23)24-11-12-37-31(18-24)38-13-14-46-15-16-47-27-6-7-28-25(17-27)19-42(35(28)45)30-8-10-33(43)40-34(30)44/h1-7,9,11-12,17-18,20-21,30H,8,10,13-16,19H2,(H,37,38)(H,40,43,44). The molecule has 0 spiro atoms. The molecule has 2 aliphatic rings. The van der Waals surface area contributed by atoms with Crippen LogP contribution in [-0.4, -0.2) is 69.4 Å². The second kappa shape index (κ2) is 13.0. The number of halogens is 1. The van der Waals surface area contributed by atoms with Gasteiger partial charge in [-0.25, -0.2) is 14.4 Å². The molecule has 1 saturated heterocycles. The van der Waals surface area contributed by atoms with Gasteiger partial charge in [0.2, 0.25) is 11.8 Å². The first kappa shape index (κ1) is 30.1. The third-order valence-electron chi connectivity index (χ3n) is 8.23. The molecule has 238 valence electrons. The van der Waals surface area contributed by atoms with Gasteiger partial charge >= 0.3 is 0 Å². The summed E-state index contributed by atoms with van der Waals surface area (Å²) < 4.78 is 26.8. The van der Waals surface area contributed by atoms with Crippen molar-refractivity contribution in [2.45, 2.75) is 25.4 Å². The lowest BCUT2D eigenvalue weighted by Crippen LogP contribution is -2.52. The van der Waals surface area contributed by atoms with E-state index in [1.807, 2.05) is 48.7 Å². The number of carbonyl (C=O) groups excluding carboxylic acids is 3. The number of pyridine rings is 2. The van der Waals surface area contributed by atoms with Gasteiger partial charge in [0, 0.05) is 49.2 Å². The van der Waals surface area contributed by atoms with Crippen LogP contribution in [0.25, 0.3) is 28.0 Å². The van der Waals surface area contributed by atoms with Gasteiger partial charge < -0.3 is 24.1 Å². The number of aromatic nitrogens is 3. The molecular formula is C35H31FN6O5. The van der Waals surface area contributed by atoms with Crippen LogP contribution in [-0.2, 0) is 20.9 Å². The Morgan fingerprint density at radius 3 is 2.62 bits per heavy atom. The summed E-state index contributed by atoms with van der Waals surface area (Å²) in [7, 11) is 0. The number of nitrogens with one attached hydrogen (secondary N) is 2. The second-order valence-electron chi connectivity index (χ2n) is 11.4. The Kier molecular flexibility index (Phi) is 8.32. The molecule has 0 aliphatic carbocycles. The van der Waals surface area contributed by atoms with Crippen LogP contribution in [0.1, 0.15) is 28.8 Å². The summed E-state index contributed by atoms with van der Waals surface area (Å²) in [5.41, 5.74) is 5.77. The van der Waals surface area contributed by atoms with E-state index >= 15 is 0 Å². The highest BCUT2D eigenvalue weighted by Gasteiger charge is 2.39. The van der Waals surface area contributed by atoms with E-state index in [2.05, 4.69) is 20.6 Å². The number of rotatable bonds is 11. The lowest BCUT2D eigenvalue weighted by molar-refractivity contribution is -0.136. The van der Waals surface area contributed by atoms with Gasteiger partial charge in [-0.2, -0.15) is 0 Å². The molecule has 0 saturated carbocycles. The second-order valence-corrected chi connectivity index (χ2v) is 11.4. The molecule has 12 heteroatoms. The molecule has 1 unspecified atom stereocenters. The number of imidazole rings is 1. The predicted molar refractivity (Wildman–Crippen MR) is 171 cm³/mol. The van der Waals surface area contributed by atoms with Crippen LogP contribution < -0.4 is 15.4 Å². The molecule has 1 atom stereocenters. The van der Waals surface area contributed by atoms with Crippen LogP contribution >= 0.6 is 0 Å². The third kappa shape index (κ3) is 6.54. The minimum absolute atomic E-state index is 0.214. The smallest absolute Gasteiger partial charge is 0.255 e. The number of benzene rings is 2. The predicted octanol–water partition coefficient (Wildman–Crippen LogP) is 4.47. The van der Waals surface area contributed by atoms with Crippen LogP contribution in [0.5, 0.6) is 5.75 Å². The van der Waals surface area contributed by atoms with Gasteiger partial charge in [-0.15, -0.1) is 0 Å². The summed E-state index contributed by atoms with van der Waals surface area (Å²) >= 11 is 0. The van der Waals surface area contributed by atoms with Crippen molar-refractivity contribution in [3.05, 3.63) is 102 Å². The Morgan fingerprint density at radius 1 is 0.915 bits per heavy atom. The molecule has 0 radical (unpaired) electrons. The minimum Gasteiger partial charge on any atom is -0.491 e. The lowest BCUT2D eigenvalue weighted by Gasteiger charge is -2.29. The first-order valence-corrected chi connectivity index (χ1v) is 15.3. The van der Waals surface area contributed by atoms with Crippen molar-refractivity contribution in [3.63, 3.8) is 0 Å². The first-order valence-electron chi connectivity index (χ1n) is 15.3. The molecule has 3 amide bonds. The summed E-state index contributed by atoms with van der Waals surface area (Å²) in [6.45, 7) is 2.01. The molecule has 0 bridgehead atoms. The van der Waals surface area contributed by atoms with Crippen molar-refractivity contribution in [1.82, 2.24) is 24.6 Å². The third-order valence-corrected chi connectivity index (χ3v) is 8.23. The largest absolute Gasteiger partial charge is 0.491 e. The summed E-state index contributed by atoms with van der Waals surface area (Å²) in [5, 5.41) is 5.60. The Labute approximate surface area is 269 Å². The number of fused-ring (bicyclic) bond motifs is 2.